The molecule has 1 N–H and O–H groups in total. The van der Waals surface area contributed by atoms with E-state index in [2.05, 4.69) is 52.7 Å². The van der Waals surface area contributed by atoms with Crippen LogP contribution in [0.3, 0.4) is 0 Å². The SMILES string of the molecule is COC(=O)COc1cccc(Cn2c(C)c(C)c3cc(C(=O)N[C@@H](C)c4cccc(C5CC5)c4)ccc32)c1. The second kappa shape index (κ2) is 10.7. The fraction of sp³-hybridized carbons (Fsp3) is 0.312. The van der Waals surface area contributed by atoms with E-state index in [0.29, 0.717) is 23.8 Å². The fourth-order valence-electron chi connectivity index (χ4n) is 4.97. The number of rotatable bonds is 9. The minimum absolute atomic E-state index is 0.0713. The largest absolute Gasteiger partial charge is 0.482 e. The Kier molecular flexibility index (Phi) is 7.23. The Hall–Kier alpha value is -4.06. The Morgan fingerprint density at radius 1 is 1.03 bits per heavy atom. The Labute approximate surface area is 223 Å². The van der Waals surface area contributed by atoms with Crippen LogP contribution in [0.15, 0.2) is 66.7 Å². The highest BCUT2D eigenvalue weighted by Gasteiger charge is 2.24. The van der Waals surface area contributed by atoms with Gasteiger partial charge < -0.3 is 19.4 Å². The van der Waals surface area contributed by atoms with Crippen LogP contribution in [0.5, 0.6) is 5.75 Å². The second-order valence-corrected chi connectivity index (χ2v) is 10.2. The van der Waals surface area contributed by atoms with Gasteiger partial charge >= 0.3 is 5.97 Å². The molecule has 1 amide bonds. The maximum Gasteiger partial charge on any atom is 0.343 e. The molecule has 1 saturated carbocycles. The van der Waals surface area contributed by atoms with Gasteiger partial charge in [0.2, 0.25) is 0 Å². The fourth-order valence-corrected chi connectivity index (χ4v) is 4.97. The highest BCUT2D eigenvalue weighted by Crippen LogP contribution is 2.40. The molecule has 1 aromatic heterocycles. The van der Waals surface area contributed by atoms with Crippen molar-refractivity contribution in [1.82, 2.24) is 9.88 Å². The molecule has 0 spiro atoms. The van der Waals surface area contributed by atoms with E-state index in [1.807, 2.05) is 49.4 Å². The lowest BCUT2D eigenvalue weighted by molar-refractivity contribution is -0.142. The summed E-state index contributed by atoms with van der Waals surface area (Å²) in [6.45, 7) is 6.75. The predicted octanol–water partition coefficient (Wildman–Crippen LogP) is 6.23. The van der Waals surface area contributed by atoms with E-state index >= 15 is 0 Å². The van der Waals surface area contributed by atoms with Gasteiger partial charge in [0.25, 0.3) is 5.91 Å². The van der Waals surface area contributed by atoms with Crippen molar-refractivity contribution >= 4 is 22.8 Å². The molecule has 0 radical (unpaired) electrons. The highest BCUT2D eigenvalue weighted by molar-refractivity contribution is 5.99. The van der Waals surface area contributed by atoms with Crippen LogP contribution < -0.4 is 10.1 Å². The van der Waals surface area contributed by atoms with E-state index in [9.17, 15) is 9.59 Å². The number of hydrogen-bond acceptors (Lipinski definition) is 4. The third-order valence-corrected chi connectivity index (χ3v) is 7.53. The maximum atomic E-state index is 13.2. The van der Waals surface area contributed by atoms with E-state index in [1.165, 1.54) is 25.5 Å². The molecule has 38 heavy (non-hydrogen) atoms. The Morgan fingerprint density at radius 3 is 2.58 bits per heavy atom. The number of ether oxygens (including phenoxy) is 2. The summed E-state index contributed by atoms with van der Waals surface area (Å²) in [6, 6.07) is 22.2. The van der Waals surface area contributed by atoms with Crippen LogP contribution in [0.4, 0.5) is 0 Å². The van der Waals surface area contributed by atoms with Gasteiger partial charge in [-0.25, -0.2) is 4.79 Å². The lowest BCUT2D eigenvalue weighted by Gasteiger charge is -2.16. The smallest absolute Gasteiger partial charge is 0.343 e. The molecule has 1 aliphatic carbocycles. The van der Waals surface area contributed by atoms with Gasteiger partial charge in [-0.15, -0.1) is 0 Å². The first-order chi connectivity index (χ1) is 18.3. The lowest BCUT2D eigenvalue weighted by atomic mass is 10.0. The molecule has 1 heterocycles. The molecule has 196 valence electrons. The number of aromatic nitrogens is 1. The first-order valence-electron chi connectivity index (χ1n) is 13.1. The summed E-state index contributed by atoms with van der Waals surface area (Å²) in [5.41, 5.74) is 7.58. The van der Waals surface area contributed by atoms with Crippen LogP contribution in [0.25, 0.3) is 10.9 Å². The van der Waals surface area contributed by atoms with Crippen LogP contribution >= 0.6 is 0 Å². The molecular formula is C32H34N2O4. The van der Waals surface area contributed by atoms with Crippen molar-refractivity contribution in [1.29, 1.82) is 0 Å². The first kappa shape index (κ1) is 25.6. The molecular weight excluding hydrogens is 476 g/mol. The Balaban J connectivity index is 1.34. The average Bonchev–Trinajstić information content (AvgIpc) is 3.76. The van der Waals surface area contributed by atoms with Crippen molar-refractivity contribution < 1.29 is 19.1 Å². The zero-order valence-corrected chi connectivity index (χ0v) is 22.4. The molecule has 1 fully saturated rings. The van der Waals surface area contributed by atoms with Crippen LogP contribution in [-0.4, -0.2) is 30.2 Å². The number of fused-ring (bicyclic) bond motifs is 1. The van der Waals surface area contributed by atoms with Crippen LogP contribution in [0, 0.1) is 13.8 Å². The summed E-state index contributed by atoms with van der Waals surface area (Å²) in [4.78, 5) is 24.6. The molecule has 0 aliphatic heterocycles. The number of aryl methyl sites for hydroxylation is 1. The second-order valence-electron chi connectivity index (χ2n) is 10.2. The Bertz CT molecular complexity index is 1500. The van der Waals surface area contributed by atoms with Crippen molar-refractivity contribution in [3.63, 3.8) is 0 Å². The van der Waals surface area contributed by atoms with Gasteiger partial charge in [0.15, 0.2) is 6.61 Å². The molecule has 1 aliphatic rings. The maximum absolute atomic E-state index is 13.2. The molecule has 5 rings (SSSR count). The molecule has 4 aromatic rings. The van der Waals surface area contributed by atoms with Gasteiger partial charge in [-0.3, -0.25) is 4.79 Å². The summed E-state index contributed by atoms with van der Waals surface area (Å²) in [5.74, 6) is 0.815. The summed E-state index contributed by atoms with van der Waals surface area (Å²) in [7, 11) is 1.34. The van der Waals surface area contributed by atoms with Gasteiger partial charge in [-0.1, -0.05) is 36.4 Å². The number of amides is 1. The first-order valence-corrected chi connectivity index (χ1v) is 13.1. The summed E-state index contributed by atoms with van der Waals surface area (Å²) in [5, 5.41) is 4.25. The van der Waals surface area contributed by atoms with Crippen LogP contribution in [-0.2, 0) is 16.1 Å². The van der Waals surface area contributed by atoms with Crippen LogP contribution in [0.2, 0.25) is 0 Å². The third-order valence-electron chi connectivity index (χ3n) is 7.53. The zero-order chi connectivity index (χ0) is 26.8. The number of methoxy groups -OCH3 is 1. The number of nitrogens with zero attached hydrogens (tertiary/aromatic N) is 1. The van der Waals surface area contributed by atoms with E-state index in [-0.39, 0.29) is 18.6 Å². The minimum atomic E-state index is -0.417. The van der Waals surface area contributed by atoms with Crippen molar-refractivity contribution in [3.8, 4) is 5.75 Å². The molecule has 6 heteroatoms. The molecule has 1 atom stereocenters. The van der Waals surface area contributed by atoms with Gasteiger partial charge in [-0.2, -0.15) is 0 Å². The average molecular weight is 511 g/mol. The quantitative estimate of drug-likeness (QED) is 0.271. The third kappa shape index (κ3) is 5.44. The van der Waals surface area contributed by atoms with Gasteiger partial charge in [0, 0.05) is 28.7 Å². The minimum Gasteiger partial charge on any atom is -0.482 e. The molecule has 0 saturated heterocycles. The number of benzene rings is 3. The lowest BCUT2D eigenvalue weighted by Crippen LogP contribution is -2.26. The molecule has 3 aromatic carbocycles. The summed E-state index contributed by atoms with van der Waals surface area (Å²) < 4.78 is 12.5. The Morgan fingerprint density at radius 2 is 1.82 bits per heavy atom. The number of nitrogens with one attached hydrogen (secondary N) is 1. The summed E-state index contributed by atoms with van der Waals surface area (Å²) in [6.07, 6.45) is 2.52. The van der Waals surface area contributed by atoms with E-state index in [0.717, 1.165) is 33.3 Å². The van der Waals surface area contributed by atoms with E-state index in [1.54, 1.807) is 0 Å². The zero-order valence-electron chi connectivity index (χ0n) is 22.4. The molecule has 0 unspecified atom stereocenters. The molecule has 0 bridgehead atoms. The normalized spacial score (nSPS) is 13.8. The van der Waals surface area contributed by atoms with Gasteiger partial charge in [0.05, 0.1) is 13.2 Å². The standard InChI is InChI=1S/C32H34N2O4/c1-20-22(3)34(18-23-7-5-10-28(15-23)38-19-31(35)37-4)30-14-13-27(17-29(20)30)32(36)33-21(2)25-8-6-9-26(16-25)24-11-12-24/h5-10,13-17,21,24H,11-12,18-19H2,1-4H3,(H,33,36)/t21-/m0/s1. The number of esters is 1. The number of carbonyl (C=O) groups excluding carboxylic acids is 2. The van der Waals surface area contributed by atoms with Crippen molar-refractivity contribution in [2.45, 2.75) is 52.1 Å². The number of carbonyl (C=O) groups is 2. The topological polar surface area (TPSA) is 69.6 Å². The van der Waals surface area contributed by atoms with E-state index in [4.69, 9.17) is 4.74 Å². The van der Waals surface area contributed by atoms with Gasteiger partial charge in [0.1, 0.15) is 5.75 Å². The monoisotopic (exact) mass is 510 g/mol. The highest BCUT2D eigenvalue weighted by atomic mass is 16.6. The summed E-state index contributed by atoms with van der Waals surface area (Å²) >= 11 is 0. The number of hydrogen-bond donors (Lipinski definition) is 1. The van der Waals surface area contributed by atoms with Crippen molar-refractivity contribution in [2.24, 2.45) is 0 Å². The van der Waals surface area contributed by atoms with E-state index < -0.39 is 5.97 Å². The van der Waals surface area contributed by atoms with Gasteiger partial charge in [-0.05, 0) is 92.1 Å². The van der Waals surface area contributed by atoms with Crippen LogP contribution in [0.1, 0.15) is 70.0 Å². The van der Waals surface area contributed by atoms with Crippen molar-refractivity contribution in [2.75, 3.05) is 13.7 Å². The molecule has 6 nitrogen and oxygen atoms in total. The predicted molar refractivity (Wildman–Crippen MR) is 149 cm³/mol. The van der Waals surface area contributed by atoms with Crippen molar-refractivity contribution in [3.05, 3.63) is 100 Å².